The highest BCUT2D eigenvalue weighted by atomic mass is 32.1. The molecule has 2 aromatic heterocycles. The van der Waals surface area contributed by atoms with Crippen LogP contribution in [-0.2, 0) is 13.1 Å². The minimum atomic E-state index is 0.592. The molecular weight excluding hydrogens is 332 g/mol. The quantitative estimate of drug-likeness (QED) is 0.560. The number of guanidine groups is 1. The van der Waals surface area contributed by atoms with Crippen LogP contribution in [0.5, 0.6) is 5.88 Å². The second-order valence-corrected chi connectivity index (χ2v) is 7.34. The third kappa shape index (κ3) is 5.74. The maximum absolute atomic E-state index is 5.67. The Labute approximate surface area is 153 Å². The van der Waals surface area contributed by atoms with Crippen LogP contribution in [-0.4, -0.2) is 24.1 Å². The number of rotatable bonds is 8. The van der Waals surface area contributed by atoms with Crippen molar-refractivity contribution in [2.24, 2.45) is 10.9 Å². The van der Waals surface area contributed by atoms with Crippen molar-refractivity contribution < 1.29 is 4.74 Å². The van der Waals surface area contributed by atoms with Crippen molar-refractivity contribution in [2.75, 3.05) is 13.2 Å². The van der Waals surface area contributed by atoms with Gasteiger partial charge in [0.15, 0.2) is 5.96 Å². The van der Waals surface area contributed by atoms with Gasteiger partial charge >= 0.3 is 0 Å². The average Bonchev–Trinajstić information content (AvgIpc) is 3.37. The van der Waals surface area contributed by atoms with E-state index in [9.17, 15) is 0 Å². The van der Waals surface area contributed by atoms with E-state index in [4.69, 9.17) is 4.74 Å². The van der Waals surface area contributed by atoms with Gasteiger partial charge in [-0.05, 0) is 55.2 Å². The topological polar surface area (TPSA) is 58.5 Å². The highest BCUT2D eigenvalue weighted by molar-refractivity contribution is 7.10. The van der Waals surface area contributed by atoms with Crippen LogP contribution >= 0.6 is 11.3 Å². The number of aromatic nitrogens is 1. The summed E-state index contributed by atoms with van der Waals surface area (Å²) in [6, 6.07) is 6.11. The van der Waals surface area contributed by atoms with Crippen molar-refractivity contribution in [3.05, 3.63) is 45.8 Å². The molecule has 3 rings (SSSR count). The highest BCUT2D eigenvalue weighted by Gasteiger charge is 2.21. The van der Waals surface area contributed by atoms with Gasteiger partial charge in [-0.25, -0.2) is 9.98 Å². The van der Waals surface area contributed by atoms with E-state index < -0.39 is 0 Å². The molecule has 2 N–H and O–H groups in total. The van der Waals surface area contributed by atoms with Crippen molar-refractivity contribution in [1.29, 1.82) is 0 Å². The number of hydrogen-bond donors (Lipinski definition) is 2. The summed E-state index contributed by atoms with van der Waals surface area (Å²) in [5, 5.41) is 8.79. The Morgan fingerprint density at radius 2 is 2.20 bits per heavy atom. The second kappa shape index (κ2) is 8.85. The van der Waals surface area contributed by atoms with Crippen LogP contribution < -0.4 is 15.4 Å². The van der Waals surface area contributed by atoms with Gasteiger partial charge in [0.25, 0.3) is 0 Å². The standard InChI is InChI=1S/C19H26N4OS/c1-3-20-19(23-12-17-14(2)8-9-25-17)22-11-16-6-7-18(21-10-16)24-13-15-4-5-15/h6-10,15H,3-5,11-13H2,1-2H3,(H2,20,22,23). The van der Waals surface area contributed by atoms with Gasteiger partial charge in [0.1, 0.15) is 0 Å². The zero-order valence-corrected chi connectivity index (χ0v) is 15.7. The summed E-state index contributed by atoms with van der Waals surface area (Å²) in [6.45, 7) is 7.22. The zero-order valence-electron chi connectivity index (χ0n) is 14.9. The molecule has 0 radical (unpaired) electrons. The summed E-state index contributed by atoms with van der Waals surface area (Å²) < 4.78 is 5.67. The second-order valence-electron chi connectivity index (χ2n) is 6.33. The maximum atomic E-state index is 5.67. The third-order valence-corrected chi connectivity index (χ3v) is 5.13. The fourth-order valence-electron chi connectivity index (χ4n) is 2.34. The van der Waals surface area contributed by atoms with Gasteiger partial charge in [0, 0.05) is 23.7 Å². The van der Waals surface area contributed by atoms with Gasteiger partial charge in [-0.3, -0.25) is 0 Å². The zero-order chi connectivity index (χ0) is 17.5. The molecule has 5 nitrogen and oxygen atoms in total. The minimum absolute atomic E-state index is 0.592. The molecule has 1 aliphatic carbocycles. The first kappa shape index (κ1) is 17.7. The summed E-state index contributed by atoms with van der Waals surface area (Å²) in [5.41, 5.74) is 2.39. The first-order valence-electron chi connectivity index (χ1n) is 8.87. The van der Waals surface area contributed by atoms with Gasteiger partial charge in [-0.1, -0.05) is 6.07 Å². The van der Waals surface area contributed by atoms with Crippen LogP contribution in [0, 0.1) is 12.8 Å². The summed E-state index contributed by atoms with van der Waals surface area (Å²) in [4.78, 5) is 10.4. The number of thiophene rings is 1. The van der Waals surface area contributed by atoms with E-state index in [2.05, 4.69) is 45.9 Å². The molecule has 0 aromatic carbocycles. The summed E-state index contributed by atoms with van der Waals surface area (Å²) in [5.74, 6) is 2.27. The molecular formula is C19H26N4OS. The number of aliphatic imine (C=N–C) groups is 1. The van der Waals surface area contributed by atoms with Crippen LogP contribution in [0.1, 0.15) is 35.8 Å². The van der Waals surface area contributed by atoms with Gasteiger partial charge in [-0.15, -0.1) is 11.3 Å². The SMILES string of the molecule is CCNC(=NCc1ccc(OCC2CC2)nc1)NCc1sccc1C. The normalized spacial score (nSPS) is 14.4. The lowest BCUT2D eigenvalue weighted by Gasteiger charge is -2.11. The number of pyridine rings is 1. The van der Waals surface area contributed by atoms with Crippen molar-refractivity contribution in [2.45, 2.75) is 39.8 Å². The van der Waals surface area contributed by atoms with Crippen LogP contribution in [0.4, 0.5) is 0 Å². The highest BCUT2D eigenvalue weighted by Crippen LogP contribution is 2.29. The molecule has 25 heavy (non-hydrogen) atoms. The van der Waals surface area contributed by atoms with Gasteiger partial charge in [-0.2, -0.15) is 0 Å². The Bertz CT molecular complexity index is 692. The number of nitrogens with zero attached hydrogens (tertiary/aromatic N) is 2. The molecule has 0 unspecified atom stereocenters. The predicted octanol–water partition coefficient (Wildman–Crippen LogP) is 3.50. The minimum Gasteiger partial charge on any atom is -0.477 e. The molecule has 0 aliphatic heterocycles. The Balaban J connectivity index is 1.51. The monoisotopic (exact) mass is 358 g/mol. The molecule has 0 saturated heterocycles. The number of hydrogen-bond acceptors (Lipinski definition) is 4. The van der Waals surface area contributed by atoms with E-state index in [0.29, 0.717) is 12.4 Å². The first-order valence-corrected chi connectivity index (χ1v) is 9.75. The summed E-state index contributed by atoms with van der Waals surface area (Å²) >= 11 is 1.77. The fraction of sp³-hybridized carbons (Fsp3) is 0.474. The van der Waals surface area contributed by atoms with Crippen molar-refractivity contribution >= 4 is 17.3 Å². The molecule has 0 bridgehead atoms. The first-order chi connectivity index (χ1) is 12.2. The molecule has 0 spiro atoms. The Hall–Kier alpha value is -2.08. The van der Waals surface area contributed by atoms with Crippen LogP contribution in [0.2, 0.25) is 0 Å². The van der Waals surface area contributed by atoms with Gasteiger partial charge in [0.05, 0.1) is 19.7 Å². The van der Waals surface area contributed by atoms with E-state index in [1.54, 1.807) is 11.3 Å². The molecule has 0 atom stereocenters. The van der Waals surface area contributed by atoms with E-state index in [1.165, 1.54) is 23.3 Å². The Morgan fingerprint density at radius 1 is 1.32 bits per heavy atom. The number of ether oxygens (including phenoxy) is 1. The lowest BCUT2D eigenvalue weighted by atomic mass is 10.3. The van der Waals surface area contributed by atoms with E-state index >= 15 is 0 Å². The molecule has 2 aromatic rings. The van der Waals surface area contributed by atoms with E-state index in [-0.39, 0.29) is 0 Å². The predicted molar refractivity (Wildman–Crippen MR) is 103 cm³/mol. The third-order valence-electron chi connectivity index (χ3n) is 4.11. The molecule has 2 heterocycles. The number of nitrogens with one attached hydrogen (secondary N) is 2. The van der Waals surface area contributed by atoms with Crippen molar-refractivity contribution in [3.8, 4) is 5.88 Å². The summed E-state index contributed by atoms with van der Waals surface area (Å²) in [6.07, 6.45) is 4.43. The smallest absolute Gasteiger partial charge is 0.213 e. The Morgan fingerprint density at radius 3 is 2.84 bits per heavy atom. The molecule has 1 fully saturated rings. The van der Waals surface area contributed by atoms with Crippen LogP contribution in [0.15, 0.2) is 34.8 Å². The van der Waals surface area contributed by atoms with E-state index in [0.717, 1.165) is 37.1 Å². The largest absolute Gasteiger partial charge is 0.477 e. The number of aryl methyl sites for hydroxylation is 1. The summed E-state index contributed by atoms with van der Waals surface area (Å²) in [7, 11) is 0. The van der Waals surface area contributed by atoms with Crippen LogP contribution in [0.3, 0.4) is 0 Å². The fourth-order valence-corrected chi connectivity index (χ4v) is 3.18. The average molecular weight is 359 g/mol. The molecule has 134 valence electrons. The maximum Gasteiger partial charge on any atom is 0.213 e. The van der Waals surface area contributed by atoms with E-state index in [1.807, 2.05) is 18.3 Å². The lowest BCUT2D eigenvalue weighted by Crippen LogP contribution is -2.36. The molecule has 1 aliphatic rings. The van der Waals surface area contributed by atoms with Crippen molar-refractivity contribution in [1.82, 2.24) is 15.6 Å². The Kier molecular flexibility index (Phi) is 6.28. The van der Waals surface area contributed by atoms with Gasteiger partial charge < -0.3 is 15.4 Å². The van der Waals surface area contributed by atoms with Crippen molar-refractivity contribution in [3.63, 3.8) is 0 Å². The molecule has 0 amide bonds. The molecule has 6 heteroatoms. The van der Waals surface area contributed by atoms with Crippen LogP contribution in [0.25, 0.3) is 0 Å². The lowest BCUT2D eigenvalue weighted by molar-refractivity contribution is 0.288. The molecule has 1 saturated carbocycles. The van der Waals surface area contributed by atoms with Gasteiger partial charge in [0.2, 0.25) is 5.88 Å².